The van der Waals surface area contributed by atoms with Gasteiger partial charge in [0.2, 0.25) is 0 Å². The van der Waals surface area contributed by atoms with Crippen LogP contribution in [0.3, 0.4) is 0 Å². The van der Waals surface area contributed by atoms with Crippen molar-refractivity contribution in [3.05, 3.63) is 53.7 Å². The van der Waals surface area contributed by atoms with E-state index in [-0.39, 0.29) is 5.82 Å². The largest absolute Gasteiger partial charge is 0.468 e. The molecule has 2 heterocycles. The fourth-order valence-electron chi connectivity index (χ4n) is 2.46. The number of benzene rings is 1. The predicted octanol–water partition coefficient (Wildman–Crippen LogP) is 2.55. The number of anilines is 1. The van der Waals surface area contributed by atoms with Crippen molar-refractivity contribution < 1.29 is 13.5 Å². The highest BCUT2D eigenvalue weighted by molar-refractivity contribution is 5.50. The molecule has 4 nitrogen and oxygen atoms in total. The van der Waals surface area contributed by atoms with E-state index in [1.165, 1.54) is 6.07 Å². The predicted molar refractivity (Wildman–Crippen MR) is 78.7 cm³/mol. The second-order valence-electron chi connectivity index (χ2n) is 5.07. The summed E-state index contributed by atoms with van der Waals surface area (Å²) >= 11 is 0. The molecule has 0 radical (unpaired) electrons. The number of ether oxygens (including phenoxy) is 1. The Balaban J connectivity index is 1.62. The zero-order valence-corrected chi connectivity index (χ0v) is 11.8. The number of nitrogens with one attached hydrogen (secondary N) is 1. The minimum absolute atomic E-state index is 0.174. The van der Waals surface area contributed by atoms with Gasteiger partial charge in [-0.2, -0.15) is 0 Å². The average Bonchev–Trinajstić information content (AvgIpc) is 3.03. The summed E-state index contributed by atoms with van der Waals surface area (Å²) in [4.78, 5) is 2.04. The van der Waals surface area contributed by atoms with Gasteiger partial charge in [-0.25, -0.2) is 4.39 Å². The second-order valence-corrected chi connectivity index (χ2v) is 5.07. The fourth-order valence-corrected chi connectivity index (χ4v) is 2.46. The molecule has 0 saturated carbocycles. The molecule has 2 aromatic rings. The van der Waals surface area contributed by atoms with Crippen LogP contribution in [0.4, 0.5) is 10.1 Å². The van der Waals surface area contributed by atoms with Crippen LogP contribution in [0.2, 0.25) is 0 Å². The Morgan fingerprint density at radius 3 is 2.76 bits per heavy atom. The van der Waals surface area contributed by atoms with E-state index in [0.29, 0.717) is 32.0 Å². The lowest BCUT2D eigenvalue weighted by atomic mass is 10.1. The summed E-state index contributed by atoms with van der Waals surface area (Å²) in [5, 5.41) is 3.29. The summed E-state index contributed by atoms with van der Waals surface area (Å²) in [5.41, 5.74) is 1.72. The zero-order valence-electron chi connectivity index (χ0n) is 11.8. The molecule has 1 N–H and O–H groups in total. The van der Waals surface area contributed by atoms with E-state index < -0.39 is 0 Å². The van der Waals surface area contributed by atoms with Crippen molar-refractivity contribution in [1.82, 2.24) is 5.32 Å². The van der Waals surface area contributed by atoms with E-state index >= 15 is 0 Å². The van der Waals surface area contributed by atoms with Gasteiger partial charge in [-0.3, -0.25) is 0 Å². The van der Waals surface area contributed by atoms with Gasteiger partial charge in [0.05, 0.1) is 31.7 Å². The van der Waals surface area contributed by atoms with Crippen molar-refractivity contribution in [1.29, 1.82) is 0 Å². The first kappa shape index (κ1) is 14.1. The minimum Gasteiger partial charge on any atom is -0.468 e. The number of furan rings is 1. The van der Waals surface area contributed by atoms with Crippen molar-refractivity contribution in [2.24, 2.45) is 0 Å². The van der Waals surface area contributed by atoms with Crippen LogP contribution in [0.1, 0.15) is 11.3 Å². The Kier molecular flexibility index (Phi) is 4.52. The Morgan fingerprint density at radius 1 is 1.14 bits per heavy atom. The van der Waals surface area contributed by atoms with Crippen molar-refractivity contribution in [2.75, 3.05) is 31.2 Å². The van der Waals surface area contributed by atoms with E-state index in [9.17, 15) is 4.39 Å². The molecule has 1 aliphatic rings. The first-order valence-electron chi connectivity index (χ1n) is 7.17. The van der Waals surface area contributed by atoms with E-state index in [2.05, 4.69) is 5.32 Å². The molecule has 5 heteroatoms. The van der Waals surface area contributed by atoms with Gasteiger partial charge in [-0.1, -0.05) is 6.07 Å². The standard InChI is InChI=1S/C16H19FN2O2/c17-15-4-3-13(11-18-12-14-2-1-7-21-14)10-16(15)19-5-8-20-9-6-19/h1-4,7,10,18H,5-6,8-9,11-12H2. The van der Waals surface area contributed by atoms with Crippen molar-refractivity contribution in [3.63, 3.8) is 0 Å². The van der Waals surface area contributed by atoms with Crippen LogP contribution in [0, 0.1) is 5.82 Å². The molecule has 1 aromatic heterocycles. The van der Waals surface area contributed by atoms with Gasteiger partial charge in [0.15, 0.2) is 0 Å². The molecule has 112 valence electrons. The minimum atomic E-state index is -0.174. The smallest absolute Gasteiger partial charge is 0.146 e. The van der Waals surface area contributed by atoms with E-state index in [1.807, 2.05) is 29.2 Å². The highest BCUT2D eigenvalue weighted by atomic mass is 19.1. The lowest BCUT2D eigenvalue weighted by molar-refractivity contribution is 0.122. The Labute approximate surface area is 123 Å². The third-order valence-corrected chi connectivity index (χ3v) is 3.57. The maximum atomic E-state index is 14.0. The van der Waals surface area contributed by atoms with Crippen LogP contribution in [0.25, 0.3) is 0 Å². The molecule has 0 bridgehead atoms. The molecule has 1 saturated heterocycles. The summed E-state index contributed by atoms with van der Waals surface area (Å²) in [6.07, 6.45) is 1.66. The number of hydrogen-bond donors (Lipinski definition) is 1. The first-order chi connectivity index (χ1) is 10.3. The van der Waals surface area contributed by atoms with Gasteiger partial charge in [0.1, 0.15) is 11.6 Å². The number of morpholine rings is 1. The Hall–Kier alpha value is -1.85. The molecule has 3 rings (SSSR count). The zero-order chi connectivity index (χ0) is 14.5. The molecular weight excluding hydrogens is 271 g/mol. The van der Waals surface area contributed by atoms with Crippen LogP contribution in [0.5, 0.6) is 0 Å². The molecule has 0 unspecified atom stereocenters. The summed E-state index contributed by atoms with van der Waals surface area (Å²) in [6.45, 7) is 4.12. The summed E-state index contributed by atoms with van der Waals surface area (Å²) in [7, 11) is 0. The molecule has 0 spiro atoms. The van der Waals surface area contributed by atoms with Crippen molar-refractivity contribution >= 4 is 5.69 Å². The summed E-state index contributed by atoms with van der Waals surface area (Å²) in [5.74, 6) is 0.720. The molecule has 1 aliphatic heterocycles. The van der Waals surface area contributed by atoms with Crippen molar-refractivity contribution in [2.45, 2.75) is 13.1 Å². The van der Waals surface area contributed by atoms with Gasteiger partial charge in [0, 0.05) is 19.6 Å². The normalized spacial score (nSPS) is 15.4. The molecule has 1 fully saturated rings. The van der Waals surface area contributed by atoms with E-state index in [0.717, 1.165) is 24.4 Å². The van der Waals surface area contributed by atoms with Gasteiger partial charge >= 0.3 is 0 Å². The molecule has 0 aliphatic carbocycles. The lowest BCUT2D eigenvalue weighted by Gasteiger charge is -2.29. The average molecular weight is 290 g/mol. The summed E-state index contributed by atoms with van der Waals surface area (Å²) in [6, 6.07) is 9.06. The topological polar surface area (TPSA) is 37.6 Å². The van der Waals surface area contributed by atoms with Gasteiger partial charge < -0.3 is 19.4 Å². The summed E-state index contributed by atoms with van der Waals surface area (Å²) < 4.78 is 24.6. The van der Waals surface area contributed by atoms with Crippen LogP contribution in [-0.4, -0.2) is 26.3 Å². The third-order valence-electron chi connectivity index (χ3n) is 3.57. The first-order valence-corrected chi connectivity index (χ1v) is 7.17. The van der Waals surface area contributed by atoms with E-state index in [4.69, 9.17) is 9.15 Å². The van der Waals surface area contributed by atoms with Gasteiger partial charge in [-0.15, -0.1) is 0 Å². The highest BCUT2D eigenvalue weighted by Gasteiger charge is 2.15. The Morgan fingerprint density at radius 2 is 2.00 bits per heavy atom. The number of hydrogen-bond acceptors (Lipinski definition) is 4. The second kappa shape index (κ2) is 6.74. The van der Waals surface area contributed by atoms with Crippen LogP contribution in [-0.2, 0) is 17.8 Å². The molecule has 1 aromatic carbocycles. The van der Waals surface area contributed by atoms with Crippen LogP contribution >= 0.6 is 0 Å². The fraction of sp³-hybridized carbons (Fsp3) is 0.375. The van der Waals surface area contributed by atoms with Crippen LogP contribution < -0.4 is 10.2 Å². The number of halogens is 1. The molecule has 0 atom stereocenters. The maximum absolute atomic E-state index is 14.0. The van der Waals surface area contributed by atoms with E-state index in [1.54, 1.807) is 6.26 Å². The Bertz CT molecular complexity index is 566. The van der Waals surface area contributed by atoms with Gasteiger partial charge in [0.25, 0.3) is 0 Å². The maximum Gasteiger partial charge on any atom is 0.146 e. The van der Waals surface area contributed by atoms with Crippen molar-refractivity contribution in [3.8, 4) is 0 Å². The molecule has 0 amide bonds. The lowest BCUT2D eigenvalue weighted by Crippen LogP contribution is -2.36. The number of nitrogens with zero attached hydrogens (tertiary/aromatic N) is 1. The molecule has 21 heavy (non-hydrogen) atoms. The van der Waals surface area contributed by atoms with Gasteiger partial charge in [-0.05, 0) is 29.8 Å². The van der Waals surface area contributed by atoms with Crippen LogP contribution in [0.15, 0.2) is 41.0 Å². The SMILES string of the molecule is Fc1ccc(CNCc2ccco2)cc1N1CCOCC1. The quantitative estimate of drug-likeness (QED) is 0.918. The third kappa shape index (κ3) is 3.62. The number of rotatable bonds is 5. The monoisotopic (exact) mass is 290 g/mol. The molecular formula is C16H19FN2O2. The highest BCUT2D eigenvalue weighted by Crippen LogP contribution is 2.22.